The van der Waals surface area contributed by atoms with Crippen LogP contribution in [0.15, 0.2) is 36.5 Å². The van der Waals surface area contributed by atoms with Crippen LogP contribution in [0.3, 0.4) is 0 Å². The van der Waals surface area contributed by atoms with Crippen molar-refractivity contribution in [3.05, 3.63) is 47.8 Å². The average molecular weight is 258 g/mol. The molecule has 1 amide bonds. The number of amides is 1. The monoisotopic (exact) mass is 258 g/mol. The van der Waals surface area contributed by atoms with E-state index < -0.39 is 0 Å². The van der Waals surface area contributed by atoms with Crippen molar-refractivity contribution >= 4 is 11.6 Å². The van der Waals surface area contributed by atoms with Crippen molar-refractivity contribution in [2.75, 3.05) is 12.3 Å². The number of benzene rings is 1. The molecule has 100 valence electrons. The molecule has 0 aliphatic heterocycles. The molecule has 2 rings (SSSR count). The number of anilines is 1. The number of rotatable bonds is 5. The van der Waals surface area contributed by atoms with Crippen LogP contribution in [0.4, 0.5) is 5.69 Å². The molecule has 1 aromatic carbocycles. The summed E-state index contributed by atoms with van der Waals surface area (Å²) in [5.74, 6) is 0.0145. The van der Waals surface area contributed by atoms with Crippen molar-refractivity contribution in [2.24, 2.45) is 7.05 Å². The molecule has 1 aromatic heterocycles. The molecule has 5 heteroatoms. The van der Waals surface area contributed by atoms with Gasteiger partial charge in [0, 0.05) is 31.9 Å². The summed E-state index contributed by atoms with van der Waals surface area (Å²) in [5.41, 5.74) is 8.25. The lowest BCUT2D eigenvalue weighted by Gasteiger charge is -2.04. The minimum atomic E-state index is 0.0145. The first kappa shape index (κ1) is 13.1. The Labute approximate surface area is 112 Å². The van der Waals surface area contributed by atoms with Gasteiger partial charge in [0.15, 0.2) is 0 Å². The van der Waals surface area contributed by atoms with Crippen LogP contribution in [0.2, 0.25) is 0 Å². The molecule has 0 spiro atoms. The van der Waals surface area contributed by atoms with Gasteiger partial charge in [0.1, 0.15) is 0 Å². The molecule has 0 aliphatic carbocycles. The fraction of sp³-hybridized carbons (Fsp3) is 0.286. The Kier molecular flexibility index (Phi) is 4.18. The standard InChI is InChI=1S/C14H18N4O/c1-18-9-7-13(17-18)6-8-16-14(19)10-11-2-4-12(15)5-3-11/h2-5,7,9H,6,8,10,15H2,1H3,(H,16,19). The fourth-order valence-electron chi connectivity index (χ4n) is 1.81. The molecule has 1 heterocycles. The summed E-state index contributed by atoms with van der Waals surface area (Å²) in [6.45, 7) is 0.602. The zero-order chi connectivity index (χ0) is 13.7. The lowest BCUT2D eigenvalue weighted by molar-refractivity contribution is -0.120. The maximum absolute atomic E-state index is 11.7. The van der Waals surface area contributed by atoms with E-state index in [0.717, 1.165) is 17.7 Å². The number of nitrogens with two attached hydrogens (primary N) is 1. The summed E-state index contributed by atoms with van der Waals surface area (Å²) >= 11 is 0. The van der Waals surface area contributed by atoms with E-state index in [1.165, 1.54) is 0 Å². The summed E-state index contributed by atoms with van der Waals surface area (Å²) in [6, 6.07) is 9.29. The van der Waals surface area contributed by atoms with Crippen molar-refractivity contribution in [1.29, 1.82) is 0 Å². The number of nitrogen functional groups attached to an aromatic ring is 1. The third-order valence-electron chi connectivity index (χ3n) is 2.82. The number of hydrogen-bond acceptors (Lipinski definition) is 3. The van der Waals surface area contributed by atoms with E-state index in [9.17, 15) is 4.79 Å². The number of hydrogen-bond donors (Lipinski definition) is 2. The summed E-state index contributed by atoms with van der Waals surface area (Å²) in [5, 5.41) is 7.14. The summed E-state index contributed by atoms with van der Waals surface area (Å²) in [4.78, 5) is 11.7. The van der Waals surface area contributed by atoms with Crippen molar-refractivity contribution in [3.63, 3.8) is 0 Å². The maximum atomic E-state index is 11.7. The molecule has 0 unspecified atom stereocenters. The van der Waals surface area contributed by atoms with E-state index in [2.05, 4.69) is 10.4 Å². The molecular formula is C14H18N4O. The van der Waals surface area contributed by atoms with Gasteiger partial charge >= 0.3 is 0 Å². The SMILES string of the molecule is Cn1ccc(CCNC(=O)Cc2ccc(N)cc2)n1. The largest absolute Gasteiger partial charge is 0.399 e. The van der Waals surface area contributed by atoms with Crippen LogP contribution in [0.5, 0.6) is 0 Å². The van der Waals surface area contributed by atoms with Crippen molar-refractivity contribution in [2.45, 2.75) is 12.8 Å². The Hall–Kier alpha value is -2.30. The normalized spacial score (nSPS) is 10.4. The second kappa shape index (κ2) is 6.04. The Balaban J connectivity index is 1.74. The second-order valence-electron chi connectivity index (χ2n) is 4.50. The molecule has 19 heavy (non-hydrogen) atoms. The van der Waals surface area contributed by atoms with Crippen molar-refractivity contribution in [1.82, 2.24) is 15.1 Å². The number of aryl methyl sites for hydroxylation is 1. The van der Waals surface area contributed by atoms with Gasteiger partial charge in [0.25, 0.3) is 0 Å². The molecular weight excluding hydrogens is 240 g/mol. The van der Waals surface area contributed by atoms with E-state index in [0.29, 0.717) is 18.7 Å². The van der Waals surface area contributed by atoms with Crippen LogP contribution < -0.4 is 11.1 Å². The van der Waals surface area contributed by atoms with Gasteiger partial charge < -0.3 is 11.1 Å². The lowest BCUT2D eigenvalue weighted by atomic mass is 10.1. The first-order valence-electron chi connectivity index (χ1n) is 6.23. The summed E-state index contributed by atoms with van der Waals surface area (Å²) in [7, 11) is 1.88. The quantitative estimate of drug-likeness (QED) is 0.783. The summed E-state index contributed by atoms with van der Waals surface area (Å²) < 4.78 is 1.76. The zero-order valence-electron chi connectivity index (χ0n) is 11.0. The van der Waals surface area contributed by atoms with E-state index in [1.54, 1.807) is 16.8 Å². The average Bonchev–Trinajstić information content (AvgIpc) is 2.78. The first-order chi connectivity index (χ1) is 9.13. The van der Waals surface area contributed by atoms with Gasteiger partial charge in [-0.1, -0.05) is 12.1 Å². The zero-order valence-corrected chi connectivity index (χ0v) is 11.0. The summed E-state index contributed by atoms with van der Waals surface area (Å²) in [6.07, 6.45) is 3.02. The van der Waals surface area contributed by atoms with Gasteiger partial charge in [-0.15, -0.1) is 0 Å². The van der Waals surface area contributed by atoms with Gasteiger partial charge in [-0.25, -0.2) is 0 Å². The van der Waals surface area contributed by atoms with Gasteiger partial charge in [0.05, 0.1) is 12.1 Å². The Bertz CT molecular complexity index is 545. The lowest BCUT2D eigenvalue weighted by Crippen LogP contribution is -2.27. The van der Waals surface area contributed by atoms with Gasteiger partial charge in [0.2, 0.25) is 5.91 Å². The highest BCUT2D eigenvalue weighted by Crippen LogP contribution is 2.05. The smallest absolute Gasteiger partial charge is 0.224 e. The maximum Gasteiger partial charge on any atom is 0.224 e. The van der Waals surface area contributed by atoms with E-state index in [-0.39, 0.29) is 5.91 Å². The van der Waals surface area contributed by atoms with E-state index in [4.69, 9.17) is 5.73 Å². The van der Waals surface area contributed by atoms with E-state index in [1.807, 2.05) is 31.4 Å². The van der Waals surface area contributed by atoms with Crippen LogP contribution >= 0.6 is 0 Å². The van der Waals surface area contributed by atoms with Crippen LogP contribution in [-0.4, -0.2) is 22.2 Å². The van der Waals surface area contributed by atoms with Crippen molar-refractivity contribution < 1.29 is 4.79 Å². The molecule has 2 aromatic rings. The number of nitrogens with zero attached hydrogens (tertiary/aromatic N) is 2. The molecule has 0 bridgehead atoms. The predicted molar refractivity (Wildman–Crippen MR) is 74.5 cm³/mol. The van der Waals surface area contributed by atoms with Crippen LogP contribution in [0.1, 0.15) is 11.3 Å². The molecule has 0 fully saturated rings. The van der Waals surface area contributed by atoms with Gasteiger partial charge in [-0.3, -0.25) is 9.48 Å². The number of nitrogens with one attached hydrogen (secondary N) is 1. The topological polar surface area (TPSA) is 72.9 Å². The predicted octanol–water partition coefficient (Wildman–Crippen LogP) is 0.904. The minimum Gasteiger partial charge on any atom is -0.399 e. The van der Waals surface area contributed by atoms with Crippen LogP contribution in [0.25, 0.3) is 0 Å². The Morgan fingerprint density at radius 2 is 2.05 bits per heavy atom. The van der Waals surface area contributed by atoms with Gasteiger partial charge in [-0.05, 0) is 23.8 Å². The third-order valence-corrected chi connectivity index (χ3v) is 2.82. The molecule has 0 aliphatic rings. The van der Waals surface area contributed by atoms with Gasteiger partial charge in [-0.2, -0.15) is 5.10 Å². The molecule has 0 radical (unpaired) electrons. The van der Waals surface area contributed by atoms with Crippen molar-refractivity contribution in [3.8, 4) is 0 Å². The Morgan fingerprint density at radius 1 is 1.32 bits per heavy atom. The van der Waals surface area contributed by atoms with Crippen LogP contribution in [-0.2, 0) is 24.7 Å². The highest BCUT2D eigenvalue weighted by atomic mass is 16.1. The molecule has 0 atom stereocenters. The Morgan fingerprint density at radius 3 is 2.68 bits per heavy atom. The van der Waals surface area contributed by atoms with E-state index >= 15 is 0 Å². The fourth-order valence-corrected chi connectivity index (χ4v) is 1.81. The second-order valence-corrected chi connectivity index (χ2v) is 4.50. The highest BCUT2D eigenvalue weighted by Gasteiger charge is 2.03. The first-order valence-corrected chi connectivity index (χ1v) is 6.23. The van der Waals surface area contributed by atoms with Crippen LogP contribution in [0, 0.1) is 0 Å². The number of aromatic nitrogens is 2. The molecule has 0 saturated heterocycles. The molecule has 3 N–H and O–H groups in total. The molecule has 0 saturated carbocycles. The molecule has 5 nitrogen and oxygen atoms in total. The minimum absolute atomic E-state index is 0.0145. The highest BCUT2D eigenvalue weighted by molar-refractivity contribution is 5.78. The number of carbonyl (C=O) groups is 1. The number of carbonyl (C=O) groups excluding carboxylic acids is 1. The third kappa shape index (κ3) is 4.13.